The maximum absolute atomic E-state index is 10.8. The second-order valence-electron chi connectivity index (χ2n) is 6.66. The van der Waals surface area contributed by atoms with E-state index in [1.165, 1.54) is 12.1 Å². The molecule has 166 valence electrons. The normalized spacial score (nSPS) is 10.8. The van der Waals surface area contributed by atoms with Crippen LogP contribution in [0.25, 0.3) is 0 Å². The van der Waals surface area contributed by atoms with E-state index >= 15 is 0 Å². The van der Waals surface area contributed by atoms with E-state index in [0.717, 1.165) is 27.0 Å². The van der Waals surface area contributed by atoms with Crippen LogP contribution in [0.3, 0.4) is 0 Å². The van der Waals surface area contributed by atoms with Crippen LogP contribution in [0.4, 0.5) is 11.4 Å². The third kappa shape index (κ3) is 6.31. The van der Waals surface area contributed by atoms with Crippen LogP contribution in [-0.2, 0) is 6.61 Å². The first kappa shape index (κ1) is 23.3. The first-order chi connectivity index (χ1) is 15.5. The van der Waals surface area contributed by atoms with Gasteiger partial charge < -0.3 is 14.2 Å². The molecule has 0 saturated heterocycles. The number of nitro groups is 1. The highest BCUT2D eigenvalue weighted by Gasteiger charge is 2.13. The summed E-state index contributed by atoms with van der Waals surface area (Å²) < 4.78 is 17.9. The fraction of sp³-hybridized carbons (Fsp3) is 0.208. The van der Waals surface area contributed by atoms with Gasteiger partial charge in [-0.1, -0.05) is 0 Å². The van der Waals surface area contributed by atoms with Crippen LogP contribution < -0.4 is 14.2 Å². The summed E-state index contributed by atoms with van der Waals surface area (Å²) in [6, 6.07) is 17.6. The van der Waals surface area contributed by atoms with Crippen LogP contribution in [0.15, 0.2) is 70.1 Å². The van der Waals surface area contributed by atoms with Gasteiger partial charge in [0.05, 0.1) is 28.3 Å². The minimum atomic E-state index is -0.429. The Kier molecular flexibility index (Phi) is 8.21. The zero-order valence-corrected chi connectivity index (χ0v) is 19.4. The summed E-state index contributed by atoms with van der Waals surface area (Å²) >= 11 is 3.55. The van der Waals surface area contributed by atoms with Gasteiger partial charge in [-0.15, -0.1) is 0 Å². The molecule has 0 aromatic heterocycles. The summed E-state index contributed by atoms with van der Waals surface area (Å²) in [5, 5.41) is 10.8. The predicted molar refractivity (Wildman–Crippen MR) is 128 cm³/mol. The number of aliphatic imine (C=N–C) groups is 1. The van der Waals surface area contributed by atoms with Gasteiger partial charge >= 0.3 is 0 Å². The monoisotopic (exact) mass is 498 g/mol. The zero-order chi connectivity index (χ0) is 22.9. The van der Waals surface area contributed by atoms with Crippen molar-refractivity contribution in [1.82, 2.24) is 0 Å². The molecule has 3 aromatic rings. The van der Waals surface area contributed by atoms with E-state index in [-0.39, 0.29) is 12.3 Å². The Hall–Kier alpha value is -3.39. The maximum Gasteiger partial charge on any atom is 0.269 e. The predicted octanol–water partition coefficient (Wildman–Crippen LogP) is 6.48. The van der Waals surface area contributed by atoms with Gasteiger partial charge in [0.15, 0.2) is 11.5 Å². The largest absolute Gasteiger partial charge is 0.494 e. The molecule has 8 heteroatoms. The smallest absolute Gasteiger partial charge is 0.269 e. The topological polar surface area (TPSA) is 83.2 Å². The molecule has 0 spiro atoms. The summed E-state index contributed by atoms with van der Waals surface area (Å²) in [4.78, 5) is 14.9. The molecule has 3 aromatic carbocycles. The van der Waals surface area contributed by atoms with Gasteiger partial charge in [-0.25, -0.2) is 0 Å². The van der Waals surface area contributed by atoms with Gasteiger partial charge in [-0.2, -0.15) is 0 Å². The summed E-state index contributed by atoms with van der Waals surface area (Å²) in [6.45, 7) is 5.18. The number of hydrogen-bond donors (Lipinski definition) is 0. The Morgan fingerprint density at radius 2 is 1.66 bits per heavy atom. The molecule has 0 saturated carbocycles. The van der Waals surface area contributed by atoms with Crippen molar-refractivity contribution < 1.29 is 19.1 Å². The number of halogens is 1. The number of benzene rings is 3. The summed E-state index contributed by atoms with van der Waals surface area (Å²) in [5.74, 6) is 1.95. The van der Waals surface area contributed by atoms with Crippen LogP contribution in [0, 0.1) is 10.1 Å². The van der Waals surface area contributed by atoms with E-state index in [2.05, 4.69) is 20.9 Å². The summed E-state index contributed by atoms with van der Waals surface area (Å²) in [5.41, 5.74) is 2.50. The molecule has 0 unspecified atom stereocenters. The number of nitrogens with zero attached hydrogens (tertiary/aromatic N) is 2. The minimum absolute atomic E-state index is 0.0427. The third-order valence-electron chi connectivity index (χ3n) is 4.37. The second-order valence-corrected chi connectivity index (χ2v) is 7.51. The molecule has 0 aliphatic rings. The Balaban J connectivity index is 1.75. The van der Waals surface area contributed by atoms with Crippen LogP contribution in [0.1, 0.15) is 25.0 Å². The van der Waals surface area contributed by atoms with E-state index in [0.29, 0.717) is 24.7 Å². The van der Waals surface area contributed by atoms with Gasteiger partial charge in [0, 0.05) is 18.3 Å². The van der Waals surface area contributed by atoms with E-state index in [1.54, 1.807) is 18.3 Å². The molecule has 0 bridgehead atoms. The van der Waals surface area contributed by atoms with Crippen molar-refractivity contribution in [2.75, 3.05) is 13.2 Å². The van der Waals surface area contributed by atoms with Crippen molar-refractivity contribution in [3.63, 3.8) is 0 Å². The molecule has 0 atom stereocenters. The lowest BCUT2D eigenvalue weighted by Crippen LogP contribution is -2.01. The van der Waals surface area contributed by atoms with Crippen LogP contribution in [0.2, 0.25) is 0 Å². The molecule has 7 nitrogen and oxygen atoms in total. The van der Waals surface area contributed by atoms with Crippen molar-refractivity contribution >= 4 is 33.5 Å². The molecule has 0 amide bonds. The number of rotatable bonds is 10. The number of non-ortho nitro benzene ring substituents is 1. The molecule has 32 heavy (non-hydrogen) atoms. The molecule has 0 N–H and O–H groups in total. The quantitative estimate of drug-likeness (QED) is 0.181. The molecule has 0 aliphatic heterocycles. The molecule has 3 rings (SSSR count). The highest BCUT2D eigenvalue weighted by molar-refractivity contribution is 9.10. The van der Waals surface area contributed by atoms with Crippen molar-refractivity contribution in [3.05, 3.63) is 86.4 Å². The van der Waals surface area contributed by atoms with Crippen LogP contribution in [0.5, 0.6) is 17.2 Å². The zero-order valence-electron chi connectivity index (χ0n) is 17.8. The fourth-order valence-corrected chi connectivity index (χ4v) is 3.45. The molecule has 0 aliphatic carbocycles. The third-order valence-corrected chi connectivity index (χ3v) is 4.96. The summed E-state index contributed by atoms with van der Waals surface area (Å²) in [7, 11) is 0. The average Bonchev–Trinajstić information content (AvgIpc) is 2.79. The van der Waals surface area contributed by atoms with Crippen molar-refractivity contribution in [2.24, 2.45) is 4.99 Å². The standard InChI is InChI=1S/C24H23BrN2O5/c1-3-30-21-11-7-19(8-12-21)26-15-18-13-22(25)24(23(14-18)31-4-2)32-16-17-5-9-20(10-6-17)27(28)29/h5-15H,3-4,16H2,1-2H3. The highest BCUT2D eigenvalue weighted by Crippen LogP contribution is 2.37. The van der Waals surface area contributed by atoms with Gasteiger partial charge in [0.2, 0.25) is 0 Å². The van der Waals surface area contributed by atoms with E-state index in [9.17, 15) is 10.1 Å². The second kappa shape index (κ2) is 11.3. The van der Waals surface area contributed by atoms with Gasteiger partial charge in [-0.3, -0.25) is 15.1 Å². The van der Waals surface area contributed by atoms with Crippen molar-refractivity contribution in [3.8, 4) is 17.2 Å². The number of nitro benzene ring substituents is 1. The average molecular weight is 499 g/mol. The SMILES string of the molecule is CCOc1ccc(N=Cc2cc(Br)c(OCc3ccc([N+](=O)[O-])cc3)c(OCC)c2)cc1. The molecular formula is C24H23BrN2O5. The lowest BCUT2D eigenvalue weighted by molar-refractivity contribution is -0.384. The Morgan fingerprint density at radius 3 is 2.28 bits per heavy atom. The van der Waals surface area contributed by atoms with Crippen molar-refractivity contribution in [2.45, 2.75) is 20.5 Å². The van der Waals surface area contributed by atoms with Gasteiger partial charge in [0.25, 0.3) is 5.69 Å². The first-order valence-corrected chi connectivity index (χ1v) is 10.9. The van der Waals surface area contributed by atoms with Gasteiger partial charge in [-0.05, 0) is 89.4 Å². The Morgan fingerprint density at radius 1 is 0.969 bits per heavy atom. The number of ether oxygens (including phenoxy) is 3. The fourth-order valence-electron chi connectivity index (χ4n) is 2.88. The lowest BCUT2D eigenvalue weighted by atomic mass is 10.2. The Labute approximate surface area is 194 Å². The Bertz CT molecular complexity index is 1080. The lowest BCUT2D eigenvalue weighted by Gasteiger charge is -2.14. The molecule has 0 radical (unpaired) electrons. The van der Waals surface area contributed by atoms with E-state index in [4.69, 9.17) is 14.2 Å². The summed E-state index contributed by atoms with van der Waals surface area (Å²) in [6.07, 6.45) is 1.75. The molecule has 0 heterocycles. The maximum atomic E-state index is 10.8. The molecular weight excluding hydrogens is 476 g/mol. The van der Waals surface area contributed by atoms with Crippen LogP contribution in [-0.4, -0.2) is 24.4 Å². The van der Waals surface area contributed by atoms with E-state index in [1.807, 2.05) is 50.2 Å². The molecule has 0 fully saturated rings. The van der Waals surface area contributed by atoms with E-state index < -0.39 is 4.92 Å². The number of hydrogen-bond acceptors (Lipinski definition) is 6. The van der Waals surface area contributed by atoms with Crippen molar-refractivity contribution in [1.29, 1.82) is 0 Å². The highest BCUT2D eigenvalue weighted by atomic mass is 79.9. The van der Waals surface area contributed by atoms with Gasteiger partial charge in [0.1, 0.15) is 12.4 Å². The van der Waals surface area contributed by atoms with Crippen LogP contribution >= 0.6 is 15.9 Å². The first-order valence-electron chi connectivity index (χ1n) is 10.1. The minimum Gasteiger partial charge on any atom is -0.494 e.